The van der Waals surface area contributed by atoms with Crippen molar-refractivity contribution in [2.24, 2.45) is 0 Å². The van der Waals surface area contributed by atoms with Gasteiger partial charge < -0.3 is 5.32 Å². The molecule has 0 radical (unpaired) electrons. The van der Waals surface area contributed by atoms with Gasteiger partial charge in [-0.2, -0.15) is 0 Å². The summed E-state index contributed by atoms with van der Waals surface area (Å²) < 4.78 is 0. The fourth-order valence-electron chi connectivity index (χ4n) is 2.17. The molecule has 21 heavy (non-hydrogen) atoms. The Bertz CT molecular complexity index is 594. The maximum atomic E-state index is 10.7. The molecule has 0 saturated heterocycles. The van der Waals surface area contributed by atoms with Gasteiger partial charge in [0.2, 0.25) is 0 Å². The van der Waals surface area contributed by atoms with E-state index in [4.69, 9.17) is 0 Å². The molecule has 2 rings (SSSR count). The lowest BCUT2D eigenvalue weighted by Gasteiger charge is -2.17. The number of benzene rings is 2. The molecular formula is C17H18N2O2. The molecule has 0 bridgehead atoms. The topological polar surface area (TPSA) is 55.2 Å². The second-order valence-electron chi connectivity index (χ2n) is 4.79. The predicted molar refractivity (Wildman–Crippen MR) is 83.9 cm³/mol. The van der Waals surface area contributed by atoms with Crippen molar-refractivity contribution in [2.75, 3.05) is 0 Å². The lowest BCUT2D eigenvalue weighted by Crippen LogP contribution is -2.20. The van der Waals surface area contributed by atoms with Crippen molar-refractivity contribution in [3.8, 4) is 0 Å². The zero-order valence-corrected chi connectivity index (χ0v) is 11.7. The quantitative estimate of drug-likeness (QED) is 0.474. The normalized spacial score (nSPS) is 11.8. The SMILES string of the molecule is C=CC[C@H](NCc1ccccc1)c1ccc([N+](=O)[O-])cc1. The first kappa shape index (κ1) is 14.9. The average molecular weight is 282 g/mol. The molecule has 2 aromatic carbocycles. The van der Waals surface area contributed by atoms with Gasteiger partial charge in [0.25, 0.3) is 5.69 Å². The van der Waals surface area contributed by atoms with Gasteiger partial charge >= 0.3 is 0 Å². The second-order valence-corrected chi connectivity index (χ2v) is 4.79. The Labute approximate surface area is 124 Å². The van der Waals surface area contributed by atoms with E-state index in [9.17, 15) is 10.1 Å². The summed E-state index contributed by atoms with van der Waals surface area (Å²) in [5.41, 5.74) is 2.34. The summed E-state index contributed by atoms with van der Waals surface area (Å²) in [7, 11) is 0. The largest absolute Gasteiger partial charge is 0.306 e. The van der Waals surface area contributed by atoms with Crippen molar-refractivity contribution >= 4 is 5.69 Å². The van der Waals surface area contributed by atoms with Crippen LogP contribution in [0.15, 0.2) is 67.3 Å². The van der Waals surface area contributed by atoms with Crippen molar-refractivity contribution in [3.05, 3.63) is 88.5 Å². The Balaban J connectivity index is 2.07. The number of rotatable bonds is 7. The van der Waals surface area contributed by atoms with Crippen molar-refractivity contribution in [1.82, 2.24) is 5.32 Å². The predicted octanol–water partition coefficient (Wildman–Crippen LogP) is 4.00. The Morgan fingerprint density at radius 1 is 1.14 bits per heavy atom. The summed E-state index contributed by atoms with van der Waals surface area (Å²) in [6, 6.07) is 16.9. The Morgan fingerprint density at radius 2 is 1.81 bits per heavy atom. The number of non-ortho nitro benzene ring substituents is 1. The standard InChI is InChI=1S/C17H18N2O2/c1-2-6-17(18-13-14-7-4-3-5-8-14)15-9-11-16(12-10-15)19(20)21/h2-5,7-12,17-18H,1,6,13H2/t17-/m0/s1. The third kappa shape index (κ3) is 4.26. The van der Waals surface area contributed by atoms with Crippen LogP contribution in [-0.4, -0.2) is 4.92 Å². The molecule has 0 fully saturated rings. The zero-order valence-electron chi connectivity index (χ0n) is 11.7. The Hall–Kier alpha value is -2.46. The fraction of sp³-hybridized carbons (Fsp3) is 0.176. The summed E-state index contributed by atoms with van der Waals surface area (Å²) in [6.07, 6.45) is 2.62. The van der Waals surface area contributed by atoms with E-state index < -0.39 is 0 Å². The van der Waals surface area contributed by atoms with Gasteiger partial charge in [-0.25, -0.2) is 0 Å². The summed E-state index contributed by atoms with van der Waals surface area (Å²) in [4.78, 5) is 10.3. The molecule has 0 aliphatic rings. The first-order valence-corrected chi connectivity index (χ1v) is 6.83. The summed E-state index contributed by atoms with van der Waals surface area (Å²) >= 11 is 0. The van der Waals surface area contributed by atoms with Gasteiger partial charge in [-0.3, -0.25) is 10.1 Å². The minimum absolute atomic E-state index is 0.100. The molecule has 1 N–H and O–H groups in total. The first-order chi connectivity index (χ1) is 10.2. The number of nitro groups is 1. The van der Waals surface area contributed by atoms with E-state index in [0.717, 1.165) is 18.5 Å². The minimum atomic E-state index is -0.385. The molecule has 0 aromatic heterocycles. The highest BCUT2D eigenvalue weighted by atomic mass is 16.6. The lowest BCUT2D eigenvalue weighted by atomic mass is 10.0. The van der Waals surface area contributed by atoms with Crippen LogP contribution >= 0.6 is 0 Å². The average Bonchev–Trinajstić information content (AvgIpc) is 2.52. The highest BCUT2D eigenvalue weighted by Crippen LogP contribution is 2.21. The summed E-state index contributed by atoms with van der Waals surface area (Å²) in [5, 5.41) is 14.2. The highest BCUT2D eigenvalue weighted by molar-refractivity contribution is 5.34. The van der Waals surface area contributed by atoms with Gasteiger partial charge in [-0.05, 0) is 17.5 Å². The molecule has 0 aliphatic carbocycles. The molecule has 0 aliphatic heterocycles. The molecule has 0 heterocycles. The van der Waals surface area contributed by atoms with Gasteiger partial charge in [0, 0.05) is 24.7 Å². The molecule has 0 saturated carbocycles. The molecule has 0 spiro atoms. The molecule has 0 amide bonds. The van der Waals surface area contributed by atoms with E-state index in [1.54, 1.807) is 12.1 Å². The van der Waals surface area contributed by atoms with Crippen LogP contribution in [-0.2, 0) is 6.54 Å². The minimum Gasteiger partial charge on any atom is -0.306 e. The molecular weight excluding hydrogens is 264 g/mol. The number of nitrogens with zero attached hydrogens (tertiary/aromatic N) is 1. The van der Waals surface area contributed by atoms with Crippen LogP contribution in [0.3, 0.4) is 0 Å². The van der Waals surface area contributed by atoms with Crippen LogP contribution in [0.25, 0.3) is 0 Å². The van der Waals surface area contributed by atoms with E-state index in [2.05, 4.69) is 24.0 Å². The van der Waals surface area contributed by atoms with Crippen molar-refractivity contribution < 1.29 is 4.92 Å². The molecule has 108 valence electrons. The number of hydrogen-bond acceptors (Lipinski definition) is 3. The van der Waals surface area contributed by atoms with Crippen LogP contribution in [0.5, 0.6) is 0 Å². The summed E-state index contributed by atoms with van der Waals surface area (Å²) in [6.45, 7) is 4.52. The van der Waals surface area contributed by atoms with Crippen molar-refractivity contribution in [1.29, 1.82) is 0 Å². The van der Waals surface area contributed by atoms with Gasteiger partial charge in [0.15, 0.2) is 0 Å². The van der Waals surface area contributed by atoms with Gasteiger partial charge in [-0.1, -0.05) is 48.5 Å². The van der Waals surface area contributed by atoms with E-state index in [-0.39, 0.29) is 16.7 Å². The smallest absolute Gasteiger partial charge is 0.269 e. The molecule has 0 unspecified atom stereocenters. The maximum Gasteiger partial charge on any atom is 0.269 e. The van der Waals surface area contributed by atoms with E-state index in [1.165, 1.54) is 17.7 Å². The molecule has 4 heteroatoms. The Kier molecular flexibility index (Phi) is 5.23. The number of nitrogens with one attached hydrogen (secondary N) is 1. The Morgan fingerprint density at radius 3 is 2.38 bits per heavy atom. The highest BCUT2D eigenvalue weighted by Gasteiger charge is 2.11. The lowest BCUT2D eigenvalue weighted by molar-refractivity contribution is -0.384. The van der Waals surface area contributed by atoms with E-state index in [0.29, 0.717) is 0 Å². The van der Waals surface area contributed by atoms with E-state index >= 15 is 0 Å². The van der Waals surface area contributed by atoms with Crippen molar-refractivity contribution in [3.63, 3.8) is 0 Å². The number of nitro benzene ring substituents is 1. The third-order valence-corrected chi connectivity index (χ3v) is 3.30. The monoisotopic (exact) mass is 282 g/mol. The van der Waals surface area contributed by atoms with Crippen LogP contribution in [0.4, 0.5) is 5.69 Å². The maximum absolute atomic E-state index is 10.7. The van der Waals surface area contributed by atoms with Gasteiger partial charge in [0.1, 0.15) is 0 Å². The first-order valence-electron chi connectivity index (χ1n) is 6.83. The molecule has 2 aromatic rings. The van der Waals surface area contributed by atoms with Crippen LogP contribution in [0.2, 0.25) is 0 Å². The van der Waals surface area contributed by atoms with Crippen LogP contribution in [0.1, 0.15) is 23.6 Å². The second kappa shape index (κ2) is 7.36. The molecule has 1 atom stereocenters. The molecule has 4 nitrogen and oxygen atoms in total. The van der Waals surface area contributed by atoms with Crippen LogP contribution < -0.4 is 5.32 Å². The van der Waals surface area contributed by atoms with Crippen molar-refractivity contribution in [2.45, 2.75) is 19.0 Å². The number of hydrogen-bond donors (Lipinski definition) is 1. The third-order valence-electron chi connectivity index (χ3n) is 3.30. The fourth-order valence-corrected chi connectivity index (χ4v) is 2.17. The van der Waals surface area contributed by atoms with E-state index in [1.807, 2.05) is 24.3 Å². The van der Waals surface area contributed by atoms with Gasteiger partial charge in [-0.15, -0.1) is 6.58 Å². The van der Waals surface area contributed by atoms with Crippen LogP contribution in [0, 0.1) is 10.1 Å². The zero-order chi connectivity index (χ0) is 15.1. The van der Waals surface area contributed by atoms with Gasteiger partial charge in [0.05, 0.1) is 4.92 Å². The summed E-state index contributed by atoms with van der Waals surface area (Å²) in [5.74, 6) is 0.